The highest BCUT2D eigenvalue weighted by Crippen LogP contribution is 2.47. The predicted octanol–water partition coefficient (Wildman–Crippen LogP) is 11.1. The van der Waals surface area contributed by atoms with E-state index in [0.29, 0.717) is 12.5 Å². The molecule has 0 aliphatic carbocycles. The van der Waals surface area contributed by atoms with Crippen molar-refractivity contribution in [2.75, 3.05) is 6.61 Å². The zero-order valence-corrected chi connectivity index (χ0v) is 51.3. The lowest BCUT2D eigenvalue weighted by molar-refractivity contribution is -0.369. The summed E-state index contributed by atoms with van der Waals surface area (Å²) in [5, 5.41) is 10.9. The van der Waals surface area contributed by atoms with Gasteiger partial charge < -0.3 is 71.4 Å². The first-order chi connectivity index (χ1) is 36.6. The van der Waals surface area contributed by atoms with Crippen molar-refractivity contribution < 1.29 is 71.4 Å². The molecular weight excluding hydrogens is 985 g/mol. The molecule has 35 atom stereocenters. The van der Waals surface area contributed by atoms with Crippen LogP contribution in [0.25, 0.3) is 0 Å². The maximum Gasteiger partial charge on any atom is 0.161 e. The highest BCUT2D eigenvalue weighted by Gasteiger charge is 2.55. The minimum Gasteiger partial charge on any atom is -0.390 e. The average molecular weight is 1100 g/mol. The fourth-order valence-corrected chi connectivity index (χ4v) is 14.5. The van der Waals surface area contributed by atoms with Crippen molar-refractivity contribution in [1.29, 1.82) is 0 Å². The normalized spacial score (nSPS) is 54.6. The molecule has 0 radical (unpaired) electrons. The molecule has 8 saturated heterocycles. The van der Waals surface area contributed by atoms with Gasteiger partial charge in [-0.05, 0) is 80.0 Å². The quantitative estimate of drug-likeness (QED) is 0.139. The van der Waals surface area contributed by atoms with Crippen molar-refractivity contribution in [3.8, 4) is 0 Å². The fraction of sp³-hybridized carbons (Fsp3) is 1.00. The lowest BCUT2D eigenvalue weighted by atomic mass is 9.80. The number of aliphatic hydroxyl groups is 1. The summed E-state index contributed by atoms with van der Waals surface area (Å²) in [6.45, 7) is 44.7. The van der Waals surface area contributed by atoms with Crippen LogP contribution < -0.4 is 0 Å². The molecular formula is C62H110O15. The number of hydrogen-bond donors (Lipinski definition) is 1. The number of ether oxygens (including phenoxy) is 14. The van der Waals surface area contributed by atoms with E-state index in [9.17, 15) is 5.11 Å². The number of aliphatic hydroxyl groups excluding tert-OH is 1. The third kappa shape index (κ3) is 12.5. The van der Waals surface area contributed by atoms with Crippen molar-refractivity contribution in [2.45, 2.75) is 306 Å². The van der Waals surface area contributed by atoms with E-state index in [0.717, 1.165) is 38.5 Å². The number of hydrogen-bond acceptors (Lipinski definition) is 15. The number of rotatable bonds is 18. The van der Waals surface area contributed by atoms with Crippen LogP contribution >= 0.6 is 0 Å². The van der Waals surface area contributed by atoms with Crippen LogP contribution in [0.15, 0.2) is 0 Å². The first-order valence-corrected chi connectivity index (χ1v) is 31.4. The highest BCUT2D eigenvalue weighted by molar-refractivity contribution is 4.97. The molecule has 2 bridgehead atoms. The fourth-order valence-electron chi connectivity index (χ4n) is 14.5. The van der Waals surface area contributed by atoms with Gasteiger partial charge in [-0.15, -0.1) is 0 Å². The van der Waals surface area contributed by atoms with E-state index < -0.39 is 37.6 Å². The molecule has 8 aliphatic heterocycles. The van der Waals surface area contributed by atoms with E-state index in [1.54, 1.807) is 0 Å². The molecule has 0 spiro atoms. The molecule has 14 unspecified atom stereocenters. The molecule has 8 fully saturated rings. The molecule has 0 amide bonds. The van der Waals surface area contributed by atoms with Crippen LogP contribution in [-0.2, 0) is 66.3 Å². The summed E-state index contributed by atoms with van der Waals surface area (Å²) in [6.07, 6.45) is -0.526. The SMILES string of the molecule is CCC1O[C@@H](O[C@H]2C(CC)O[C@@H](O[C@H]3C(C)C(C)[C@@H]4OC[C@@H]3O4)[C@H](C)C2C)[C@H](C)C(C)[C@H]1O[C@H]1O[C@H](CC)[C@@H](O[C@H]2O[C@H](CC)[C@@H](O[C@@H]3OC(CC)[C@H](O[C@@H]4OC(CC)[C@H](O)[C@H](C)C4C)C(C)[C@H]3C)C(C)C2C)C(C)C1C. The Morgan fingerprint density at radius 3 is 0.792 bits per heavy atom. The van der Waals surface area contributed by atoms with Crippen LogP contribution in [-0.4, -0.2) is 141 Å². The second-order valence-electron chi connectivity index (χ2n) is 26.2. The summed E-state index contributed by atoms with van der Waals surface area (Å²) in [4.78, 5) is 0. The van der Waals surface area contributed by atoms with E-state index in [4.69, 9.17) is 66.3 Å². The van der Waals surface area contributed by atoms with Gasteiger partial charge in [-0.2, -0.15) is 0 Å². The van der Waals surface area contributed by atoms with Crippen LogP contribution in [0, 0.1) is 82.9 Å². The summed E-state index contributed by atoms with van der Waals surface area (Å²) >= 11 is 0. The van der Waals surface area contributed by atoms with E-state index in [1.165, 1.54) is 0 Å². The second-order valence-corrected chi connectivity index (χ2v) is 26.2. The van der Waals surface area contributed by atoms with Crippen LogP contribution in [0.3, 0.4) is 0 Å². The van der Waals surface area contributed by atoms with Gasteiger partial charge in [-0.3, -0.25) is 0 Å². The zero-order chi connectivity index (χ0) is 56.1. The Balaban J connectivity index is 0.859. The smallest absolute Gasteiger partial charge is 0.161 e. The Bertz CT molecular complexity index is 1800. The summed E-state index contributed by atoms with van der Waals surface area (Å²) in [5.41, 5.74) is 0. The van der Waals surface area contributed by atoms with Gasteiger partial charge >= 0.3 is 0 Å². The standard InChI is InChI=1S/C62H110O15/c1-21-42-49(63)28(7)35(14)57(65-42)72-50-30(9)37(16)58(66-43(50)22-2)73-51-31(10)38(17)59(67-44(51)23-3)74-52-32(11)39(18)60(68-45(52)24-4)75-53-33(12)40(19)61(69-46(53)25-5)76-54-34(13)41(20)62(70-47(54)26-6)77-55-29(8)36(15)56-64-27-48(55)71-56/h28-63H,21-27H2,1-20H3/t28-,29?,30?,31?,32?,33?,34?,35?,36?,37-,38?,39?,40-,41-,42?,43?,44-,45-,46?,47?,48+,49-,50-,51+,52+,53-,54-,55+,56-,57+,58+,59-,60-,61+,62+/m1/s1. The summed E-state index contributed by atoms with van der Waals surface area (Å²) < 4.78 is 95.4. The molecule has 8 rings (SSSR count). The molecule has 15 heteroatoms. The monoisotopic (exact) mass is 1090 g/mol. The largest absolute Gasteiger partial charge is 0.390 e. The van der Waals surface area contributed by atoms with Gasteiger partial charge in [-0.1, -0.05) is 138 Å². The molecule has 8 aliphatic rings. The lowest BCUT2D eigenvalue weighted by Gasteiger charge is -2.52. The predicted molar refractivity (Wildman–Crippen MR) is 292 cm³/mol. The van der Waals surface area contributed by atoms with Gasteiger partial charge in [0.05, 0.1) is 86.0 Å². The Morgan fingerprint density at radius 2 is 0.519 bits per heavy atom. The third-order valence-corrected chi connectivity index (χ3v) is 21.8. The molecule has 0 saturated carbocycles. The van der Waals surface area contributed by atoms with Crippen molar-refractivity contribution in [2.24, 2.45) is 82.9 Å². The van der Waals surface area contributed by atoms with Crippen LogP contribution in [0.5, 0.6) is 0 Å². The van der Waals surface area contributed by atoms with Gasteiger partial charge in [0.15, 0.2) is 44.0 Å². The van der Waals surface area contributed by atoms with E-state index in [1.807, 2.05) is 0 Å². The maximum atomic E-state index is 10.9. The Hall–Kier alpha value is -0.600. The van der Waals surface area contributed by atoms with E-state index in [2.05, 4.69) is 138 Å². The highest BCUT2D eigenvalue weighted by atomic mass is 16.8. The first-order valence-electron chi connectivity index (χ1n) is 31.4. The zero-order valence-electron chi connectivity index (χ0n) is 51.3. The Labute approximate surface area is 465 Å². The first kappa shape index (κ1) is 62.4. The van der Waals surface area contributed by atoms with Gasteiger partial charge in [0.1, 0.15) is 6.10 Å². The van der Waals surface area contributed by atoms with Crippen LogP contribution in [0.4, 0.5) is 0 Å². The Morgan fingerprint density at radius 1 is 0.286 bits per heavy atom. The maximum absolute atomic E-state index is 10.9. The van der Waals surface area contributed by atoms with Crippen LogP contribution in [0.2, 0.25) is 0 Å². The van der Waals surface area contributed by atoms with Gasteiger partial charge in [0.25, 0.3) is 0 Å². The molecule has 0 aromatic rings. The molecule has 0 aromatic carbocycles. The second kappa shape index (κ2) is 26.5. The molecule has 1 N–H and O–H groups in total. The van der Waals surface area contributed by atoms with Gasteiger partial charge in [0, 0.05) is 41.4 Å². The minimum atomic E-state index is -0.499. The van der Waals surface area contributed by atoms with Crippen molar-refractivity contribution in [3.05, 3.63) is 0 Å². The molecule has 448 valence electrons. The minimum absolute atomic E-state index is 0.0459. The molecule has 77 heavy (non-hydrogen) atoms. The van der Waals surface area contributed by atoms with E-state index >= 15 is 0 Å². The third-order valence-electron chi connectivity index (χ3n) is 21.8. The Kier molecular flexibility index (Phi) is 21.5. The van der Waals surface area contributed by atoms with Crippen molar-refractivity contribution in [1.82, 2.24) is 0 Å². The summed E-state index contributed by atoms with van der Waals surface area (Å²) in [7, 11) is 0. The summed E-state index contributed by atoms with van der Waals surface area (Å²) in [6, 6.07) is 0. The van der Waals surface area contributed by atoms with Gasteiger partial charge in [0.2, 0.25) is 0 Å². The van der Waals surface area contributed by atoms with Crippen LogP contribution in [0.1, 0.15) is 177 Å². The number of fused-ring (bicyclic) bond motifs is 2. The lowest BCUT2D eigenvalue weighted by Crippen LogP contribution is -2.60. The van der Waals surface area contributed by atoms with Crippen molar-refractivity contribution in [3.63, 3.8) is 0 Å². The molecule has 15 nitrogen and oxygen atoms in total. The average Bonchev–Trinajstić information content (AvgIpc) is 3.94. The van der Waals surface area contributed by atoms with Crippen molar-refractivity contribution >= 4 is 0 Å². The molecule has 8 heterocycles. The topological polar surface area (TPSA) is 149 Å². The van der Waals surface area contributed by atoms with E-state index in [-0.39, 0.29) is 169 Å². The molecule has 0 aromatic heterocycles. The summed E-state index contributed by atoms with van der Waals surface area (Å²) in [5.74, 6) is 1.71. The van der Waals surface area contributed by atoms with Gasteiger partial charge in [-0.25, -0.2) is 0 Å².